The van der Waals surface area contributed by atoms with Crippen LogP contribution in [-0.4, -0.2) is 21.0 Å². The maximum atomic E-state index is 11.8. The lowest BCUT2D eigenvalue weighted by atomic mass is 10.0. The second kappa shape index (κ2) is 7.17. The van der Waals surface area contributed by atoms with Gasteiger partial charge in [0.15, 0.2) is 5.11 Å². The van der Waals surface area contributed by atoms with Gasteiger partial charge in [0.25, 0.3) is 5.69 Å². The van der Waals surface area contributed by atoms with Gasteiger partial charge < -0.3 is 15.7 Å². The van der Waals surface area contributed by atoms with Crippen LogP contribution in [0.5, 0.6) is 5.75 Å². The summed E-state index contributed by atoms with van der Waals surface area (Å²) in [5.41, 5.74) is -0.0176. The topological polar surface area (TPSA) is 104 Å². The molecule has 0 atom stereocenters. The number of anilines is 1. The normalized spacial score (nSPS) is 14.5. The highest BCUT2D eigenvalue weighted by molar-refractivity contribution is 7.80. The van der Waals surface area contributed by atoms with Gasteiger partial charge in [-0.05, 0) is 37.0 Å². The van der Waals surface area contributed by atoms with E-state index in [4.69, 9.17) is 12.2 Å². The van der Waals surface area contributed by atoms with Crippen molar-refractivity contribution in [3.05, 3.63) is 28.3 Å². The van der Waals surface area contributed by atoms with Crippen molar-refractivity contribution in [2.24, 2.45) is 5.92 Å². The fraction of sp³-hybridized carbons (Fsp3) is 0.429. The van der Waals surface area contributed by atoms with Gasteiger partial charge in [0, 0.05) is 12.5 Å². The van der Waals surface area contributed by atoms with E-state index in [1.165, 1.54) is 12.1 Å². The molecule has 1 aliphatic rings. The summed E-state index contributed by atoms with van der Waals surface area (Å²) in [7, 11) is 0. The fourth-order valence-corrected chi connectivity index (χ4v) is 2.77. The Morgan fingerprint density at radius 1 is 1.41 bits per heavy atom. The number of thiocarbonyl (C=S) groups is 1. The predicted molar refractivity (Wildman–Crippen MR) is 85.7 cm³/mol. The highest BCUT2D eigenvalue weighted by atomic mass is 32.1. The number of hydrogen-bond donors (Lipinski definition) is 3. The molecule has 1 aliphatic carbocycles. The van der Waals surface area contributed by atoms with Gasteiger partial charge in [-0.15, -0.1) is 0 Å². The number of benzene rings is 1. The molecular formula is C14H17N3O4S. The minimum atomic E-state index is -0.606. The molecule has 0 saturated heterocycles. The molecule has 1 aromatic carbocycles. The third-order valence-corrected chi connectivity index (χ3v) is 3.85. The molecule has 8 heteroatoms. The van der Waals surface area contributed by atoms with E-state index >= 15 is 0 Å². The number of carbonyl (C=O) groups excluding carboxylic acids is 1. The highest BCUT2D eigenvalue weighted by Gasteiger charge is 2.19. The molecule has 22 heavy (non-hydrogen) atoms. The van der Waals surface area contributed by atoms with Gasteiger partial charge in [0.1, 0.15) is 5.75 Å². The number of phenols is 1. The van der Waals surface area contributed by atoms with Crippen LogP contribution in [0.15, 0.2) is 18.2 Å². The van der Waals surface area contributed by atoms with Crippen LogP contribution in [-0.2, 0) is 4.79 Å². The van der Waals surface area contributed by atoms with E-state index in [2.05, 4.69) is 10.6 Å². The first-order valence-electron chi connectivity index (χ1n) is 7.04. The molecule has 0 radical (unpaired) electrons. The molecule has 1 saturated carbocycles. The van der Waals surface area contributed by atoms with E-state index in [0.29, 0.717) is 12.3 Å². The molecule has 118 valence electrons. The Morgan fingerprint density at radius 3 is 2.68 bits per heavy atom. The van der Waals surface area contributed by atoms with Gasteiger partial charge in [-0.1, -0.05) is 12.8 Å². The van der Waals surface area contributed by atoms with Crippen LogP contribution in [0.3, 0.4) is 0 Å². The summed E-state index contributed by atoms with van der Waals surface area (Å²) in [5.74, 6) is -0.0528. The summed E-state index contributed by atoms with van der Waals surface area (Å²) in [6, 6.07) is 3.60. The molecule has 3 N–H and O–H groups in total. The van der Waals surface area contributed by atoms with Gasteiger partial charge in [-0.3, -0.25) is 14.9 Å². The number of amides is 1. The standard InChI is InChI=1S/C14H17N3O4S/c18-12-8-10(17(20)21)5-6-11(12)15-14(22)16-13(19)7-9-3-1-2-4-9/h5-6,8-9,18H,1-4,7H2,(H2,15,16,19,22). The number of non-ortho nitro benzene ring substituents is 1. The Labute approximate surface area is 132 Å². The largest absolute Gasteiger partial charge is 0.506 e. The third-order valence-electron chi connectivity index (χ3n) is 3.64. The van der Waals surface area contributed by atoms with Crippen LogP contribution >= 0.6 is 12.2 Å². The second-order valence-electron chi connectivity index (χ2n) is 5.32. The van der Waals surface area contributed by atoms with Crippen molar-refractivity contribution in [2.75, 3.05) is 5.32 Å². The number of nitro benzene ring substituents is 1. The maximum absolute atomic E-state index is 11.8. The summed E-state index contributed by atoms with van der Waals surface area (Å²) >= 11 is 5.01. The molecule has 0 aromatic heterocycles. The summed E-state index contributed by atoms with van der Waals surface area (Å²) < 4.78 is 0. The molecule has 2 rings (SSSR count). The quantitative estimate of drug-likeness (QED) is 0.340. The van der Waals surface area contributed by atoms with Crippen molar-refractivity contribution in [3.63, 3.8) is 0 Å². The van der Waals surface area contributed by atoms with Gasteiger partial charge in [0.05, 0.1) is 16.7 Å². The lowest BCUT2D eigenvalue weighted by molar-refractivity contribution is -0.384. The molecule has 1 aromatic rings. The molecule has 7 nitrogen and oxygen atoms in total. The summed E-state index contributed by atoms with van der Waals surface area (Å²) in [6.07, 6.45) is 4.90. The predicted octanol–water partition coefficient (Wildman–Crippen LogP) is 2.69. The lowest BCUT2D eigenvalue weighted by Gasteiger charge is -2.12. The first-order valence-corrected chi connectivity index (χ1v) is 7.45. The smallest absolute Gasteiger partial charge is 0.273 e. The Hall–Kier alpha value is -2.22. The van der Waals surface area contributed by atoms with E-state index in [1.807, 2.05) is 0 Å². The lowest BCUT2D eigenvalue weighted by Crippen LogP contribution is -2.34. The Balaban J connectivity index is 1.88. The molecule has 0 aliphatic heterocycles. The Morgan fingerprint density at radius 2 is 2.09 bits per heavy atom. The number of nitro groups is 1. The molecule has 0 unspecified atom stereocenters. The molecular weight excluding hydrogens is 306 g/mol. The van der Waals surface area contributed by atoms with Crippen LogP contribution in [0.1, 0.15) is 32.1 Å². The summed E-state index contributed by atoms with van der Waals surface area (Å²) in [4.78, 5) is 21.8. The van der Waals surface area contributed by atoms with Crippen molar-refractivity contribution in [1.29, 1.82) is 0 Å². The van der Waals surface area contributed by atoms with E-state index < -0.39 is 4.92 Å². The first kappa shape index (κ1) is 16.2. The van der Waals surface area contributed by atoms with E-state index in [9.17, 15) is 20.0 Å². The van der Waals surface area contributed by atoms with Crippen LogP contribution in [0, 0.1) is 16.0 Å². The van der Waals surface area contributed by atoms with Crippen molar-refractivity contribution >= 4 is 34.6 Å². The summed E-state index contributed by atoms with van der Waals surface area (Å²) in [6.45, 7) is 0. The minimum Gasteiger partial charge on any atom is -0.506 e. The van der Waals surface area contributed by atoms with E-state index in [-0.39, 0.29) is 28.1 Å². The minimum absolute atomic E-state index is 0.0622. The van der Waals surface area contributed by atoms with Crippen molar-refractivity contribution in [1.82, 2.24) is 5.32 Å². The third kappa shape index (κ3) is 4.39. The number of phenolic OH excluding ortho intramolecular Hbond substituents is 1. The van der Waals surface area contributed by atoms with Gasteiger partial charge >= 0.3 is 0 Å². The van der Waals surface area contributed by atoms with Crippen LogP contribution in [0.4, 0.5) is 11.4 Å². The first-order chi connectivity index (χ1) is 10.5. The van der Waals surface area contributed by atoms with Gasteiger partial charge in [-0.25, -0.2) is 0 Å². The molecule has 0 bridgehead atoms. The number of nitrogens with zero attached hydrogens (tertiary/aromatic N) is 1. The number of hydrogen-bond acceptors (Lipinski definition) is 5. The molecule has 1 amide bonds. The van der Waals surface area contributed by atoms with E-state index in [0.717, 1.165) is 31.7 Å². The zero-order valence-corrected chi connectivity index (χ0v) is 12.7. The average molecular weight is 323 g/mol. The summed E-state index contributed by atoms with van der Waals surface area (Å²) in [5, 5.41) is 25.6. The number of carbonyl (C=O) groups is 1. The van der Waals surface area contributed by atoms with Crippen molar-refractivity contribution < 1.29 is 14.8 Å². The zero-order chi connectivity index (χ0) is 16.1. The van der Waals surface area contributed by atoms with Gasteiger partial charge in [-0.2, -0.15) is 0 Å². The van der Waals surface area contributed by atoms with Crippen LogP contribution in [0.2, 0.25) is 0 Å². The Kier molecular flexibility index (Phi) is 5.26. The number of nitrogens with one attached hydrogen (secondary N) is 2. The van der Waals surface area contributed by atoms with Crippen LogP contribution < -0.4 is 10.6 Å². The number of aromatic hydroxyl groups is 1. The maximum Gasteiger partial charge on any atom is 0.273 e. The Bertz CT molecular complexity index is 600. The fourth-order valence-electron chi connectivity index (χ4n) is 2.55. The van der Waals surface area contributed by atoms with Crippen molar-refractivity contribution in [2.45, 2.75) is 32.1 Å². The van der Waals surface area contributed by atoms with E-state index in [1.54, 1.807) is 0 Å². The average Bonchev–Trinajstić information content (AvgIpc) is 2.93. The molecule has 1 fully saturated rings. The number of rotatable bonds is 4. The zero-order valence-electron chi connectivity index (χ0n) is 11.9. The van der Waals surface area contributed by atoms with Crippen LogP contribution in [0.25, 0.3) is 0 Å². The monoisotopic (exact) mass is 323 g/mol. The SMILES string of the molecule is O=C(CC1CCCC1)NC(=S)Nc1ccc([N+](=O)[O-])cc1O. The van der Waals surface area contributed by atoms with Crippen molar-refractivity contribution in [3.8, 4) is 5.75 Å². The second-order valence-corrected chi connectivity index (χ2v) is 5.72. The molecule has 0 spiro atoms. The molecule has 0 heterocycles. The highest BCUT2D eigenvalue weighted by Crippen LogP contribution is 2.28. The van der Waals surface area contributed by atoms with Gasteiger partial charge in [0.2, 0.25) is 5.91 Å².